The van der Waals surface area contributed by atoms with Gasteiger partial charge in [-0.25, -0.2) is 0 Å². The van der Waals surface area contributed by atoms with Crippen LogP contribution < -0.4 is 5.32 Å². The Bertz CT molecular complexity index is 443. The number of imide groups is 1. The lowest BCUT2D eigenvalue weighted by atomic mass is 9.71. The zero-order valence-corrected chi connectivity index (χ0v) is 9.64. The average molecular weight is 233 g/mol. The van der Waals surface area contributed by atoms with Gasteiger partial charge in [0.25, 0.3) is 5.91 Å². The van der Waals surface area contributed by atoms with Gasteiger partial charge in [-0.1, -0.05) is 37.3 Å². The SMILES string of the molecule is CC[C@]1(c2ccccc2)C[C@@H](O)C(=O)NC1=O. The second-order valence-electron chi connectivity index (χ2n) is 4.34. The summed E-state index contributed by atoms with van der Waals surface area (Å²) in [7, 11) is 0. The van der Waals surface area contributed by atoms with Crippen LogP contribution in [-0.4, -0.2) is 23.0 Å². The fourth-order valence-corrected chi connectivity index (χ4v) is 2.35. The van der Waals surface area contributed by atoms with Crippen LogP contribution in [-0.2, 0) is 15.0 Å². The van der Waals surface area contributed by atoms with E-state index >= 15 is 0 Å². The molecule has 1 aromatic carbocycles. The van der Waals surface area contributed by atoms with Crippen molar-refractivity contribution in [3.8, 4) is 0 Å². The maximum absolute atomic E-state index is 12.1. The molecule has 2 N–H and O–H groups in total. The molecule has 0 unspecified atom stereocenters. The Balaban J connectivity index is 2.44. The van der Waals surface area contributed by atoms with Crippen molar-refractivity contribution in [1.82, 2.24) is 5.32 Å². The van der Waals surface area contributed by atoms with Gasteiger partial charge in [-0.3, -0.25) is 14.9 Å². The standard InChI is InChI=1S/C13H15NO3/c1-2-13(9-6-4-3-5-7-9)8-10(15)11(16)14-12(13)17/h3-7,10,15H,2,8H2,1H3,(H,14,16,17)/t10-,13-/m1/s1. The van der Waals surface area contributed by atoms with Crippen LogP contribution in [0.25, 0.3) is 0 Å². The topological polar surface area (TPSA) is 66.4 Å². The summed E-state index contributed by atoms with van der Waals surface area (Å²) >= 11 is 0. The second-order valence-corrected chi connectivity index (χ2v) is 4.34. The van der Waals surface area contributed by atoms with Crippen molar-refractivity contribution in [3.05, 3.63) is 35.9 Å². The first-order valence-corrected chi connectivity index (χ1v) is 5.69. The summed E-state index contributed by atoms with van der Waals surface area (Å²) in [5.74, 6) is -0.920. The van der Waals surface area contributed by atoms with Gasteiger partial charge in [0.2, 0.25) is 5.91 Å². The molecule has 4 nitrogen and oxygen atoms in total. The first-order chi connectivity index (χ1) is 8.10. The molecule has 0 bridgehead atoms. The van der Waals surface area contributed by atoms with E-state index < -0.39 is 17.4 Å². The Hall–Kier alpha value is -1.68. The van der Waals surface area contributed by atoms with Crippen LogP contribution in [0.3, 0.4) is 0 Å². The fourth-order valence-electron chi connectivity index (χ4n) is 2.35. The van der Waals surface area contributed by atoms with Crippen molar-refractivity contribution in [2.75, 3.05) is 0 Å². The Morgan fingerprint density at radius 2 is 2.00 bits per heavy atom. The molecular formula is C13H15NO3. The van der Waals surface area contributed by atoms with Crippen molar-refractivity contribution in [2.24, 2.45) is 0 Å². The van der Waals surface area contributed by atoms with E-state index in [1.165, 1.54) is 0 Å². The minimum Gasteiger partial charge on any atom is -0.383 e. The predicted octanol–water partition coefficient (Wildman–Crippen LogP) is 0.742. The number of piperidine rings is 1. The minimum absolute atomic E-state index is 0.151. The lowest BCUT2D eigenvalue weighted by molar-refractivity contribution is -0.145. The Morgan fingerprint density at radius 3 is 2.59 bits per heavy atom. The number of nitrogens with one attached hydrogen (secondary N) is 1. The van der Waals surface area contributed by atoms with Gasteiger partial charge in [-0.2, -0.15) is 0 Å². The lowest BCUT2D eigenvalue weighted by Crippen LogP contribution is -2.57. The molecule has 17 heavy (non-hydrogen) atoms. The highest BCUT2D eigenvalue weighted by atomic mass is 16.3. The van der Waals surface area contributed by atoms with Gasteiger partial charge in [0.1, 0.15) is 6.10 Å². The van der Waals surface area contributed by atoms with Crippen molar-refractivity contribution >= 4 is 11.8 Å². The predicted molar refractivity (Wildman–Crippen MR) is 62.2 cm³/mol. The molecule has 1 heterocycles. The number of benzene rings is 1. The Labute approximate surface area is 99.6 Å². The number of carbonyl (C=O) groups is 2. The van der Waals surface area contributed by atoms with E-state index in [-0.39, 0.29) is 12.3 Å². The third-order valence-corrected chi connectivity index (χ3v) is 3.45. The van der Waals surface area contributed by atoms with E-state index in [2.05, 4.69) is 5.32 Å². The van der Waals surface area contributed by atoms with Gasteiger partial charge >= 0.3 is 0 Å². The normalized spacial score (nSPS) is 28.9. The molecule has 0 radical (unpaired) electrons. The molecule has 1 aliphatic rings. The number of aliphatic hydroxyl groups excluding tert-OH is 1. The summed E-state index contributed by atoms with van der Waals surface area (Å²) in [6.07, 6.45) is -0.418. The highest BCUT2D eigenvalue weighted by Crippen LogP contribution is 2.35. The van der Waals surface area contributed by atoms with Crippen molar-refractivity contribution < 1.29 is 14.7 Å². The molecule has 1 fully saturated rings. The van der Waals surface area contributed by atoms with Crippen molar-refractivity contribution in [2.45, 2.75) is 31.3 Å². The molecule has 0 aromatic heterocycles. The molecule has 1 saturated heterocycles. The third kappa shape index (κ3) is 1.85. The summed E-state index contributed by atoms with van der Waals surface area (Å²) in [5, 5.41) is 11.9. The van der Waals surface area contributed by atoms with Crippen LogP contribution in [0.5, 0.6) is 0 Å². The van der Waals surface area contributed by atoms with Gasteiger partial charge in [-0.15, -0.1) is 0 Å². The van der Waals surface area contributed by atoms with E-state index in [1.807, 2.05) is 37.3 Å². The van der Waals surface area contributed by atoms with Crippen molar-refractivity contribution in [3.63, 3.8) is 0 Å². The first-order valence-electron chi connectivity index (χ1n) is 5.69. The first kappa shape index (κ1) is 11.8. The Morgan fingerprint density at radius 1 is 1.35 bits per heavy atom. The van der Waals surface area contributed by atoms with E-state index in [0.29, 0.717) is 6.42 Å². The van der Waals surface area contributed by atoms with Crippen LogP contribution in [0.2, 0.25) is 0 Å². The summed E-state index contributed by atoms with van der Waals surface area (Å²) in [5.41, 5.74) is 0.0424. The molecule has 1 aromatic rings. The number of rotatable bonds is 2. The minimum atomic E-state index is -1.12. The van der Waals surface area contributed by atoms with Gasteiger partial charge in [0, 0.05) is 6.42 Å². The molecule has 1 aliphatic heterocycles. The van der Waals surface area contributed by atoms with E-state index in [4.69, 9.17) is 0 Å². The van der Waals surface area contributed by atoms with Crippen LogP contribution >= 0.6 is 0 Å². The van der Waals surface area contributed by atoms with E-state index in [1.54, 1.807) is 0 Å². The quantitative estimate of drug-likeness (QED) is 0.740. The summed E-state index contributed by atoms with van der Waals surface area (Å²) in [4.78, 5) is 23.3. The second kappa shape index (κ2) is 4.30. The summed E-state index contributed by atoms with van der Waals surface area (Å²) in [6.45, 7) is 1.88. The third-order valence-electron chi connectivity index (χ3n) is 3.45. The van der Waals surface area contributed by atoms with Gasteiger partial charge in [0.15, 0.2) is 0 Å². The number of amides is 2. The molecule has 4 heteroatoms. The molecule has 0 aliphatic carbocycles. The number of hydrogen-bond donors (Lipinski definition) is 2. The molecule has 0 spiro atoms. The number of aliphatic hydroxyl groups is 1. The number of carbonyl (C=O) groups excluding carboxylic acids is 2. The fraction of sp³-hybridized carbons (Fsp3) is 0.385. The summed E-state index contributed by atoms with van der Waals surface area (Å²) < 4.78 is 0. The molecule has 2 rings (SSSR count). The van der Waals surface area contributed by atoms with Crippen molar-refractivity contribution in [1.29, 1.82) is 0 Å². The van der Waals surface area contributed by atoms with Crippen LogP contribution in [0.1, 0.15) is 25.3 Å². The molecular weight excluding hydrogens is 218 g/mol. The average Bonchev–Trinajstić information content (AvgIpc) is 2.35. The van der Waals surface area contributed by atoms with Crippen LogP contribution in [0.15, 0.2) is 30.3 Å². The van der Waals surface area contributed by atoms with Gasteiger partial charge in [0.05, 0.1) is 5.41 Å². The molecule has 2 amide bonds. The number of hydrogen-bond acceptors (Lipinski definition) is 3. The summed E-state index contributed by atoms with van der Waals surface area (Å²) in [6, 6.07) is 9.28. The highest BCUT2D eigenvalue weighted by molar-refractivity contribution is 6.05. The Kier molecular flexibility index (Phi) is 2.98. The molecule has 0 saturated carbocycles. The zero-order chi connectivity index (χ0) is 12.5. The lowest BCUT2D eigenvalue weighted by Gasteiger charge is -2.37. The maximum Gasteiger partial charge on any atom is 0.255 e. The largest absolute Gasteiger partial charge is 0.383 e. The van der Waals surface area contributed by atoms with Crippen LogP contribution in [0.4, 0.5) is 0 Å². The smallest absolute Gasteiger partial charge is 0.255 e. The van der Waals surface area contributed by atoms with Gasteiger partial charge in [-0.05, 0) is 12.0 Å². The van der Waals surface area contributed by atoms with Crippen LogP contribution in [0, 0.1) is 0 Å². The van der Waals surface area contributed by atoms with E-state index in [0.717, 1.165) is 5.56 Å². The molecule has 90 valence electrons. The highest BCUT2D eigenvalue weighted by Gasteiger charge is 2.46. The van der Waals surface area contributed by atoms with Gasteiger partial charge < -0.3 is 5.11 Å². The van der Waals surface area contributed by atoms with E-state index in [9.17, 15) is 14.7 Å². The monoisotopic (exact) mass is 233 g/mol. The molecule has 2 atom stereocenters. The zero-order valence-electron chi connectivity index (χ0n) is 9.64. The maximum atomic E-state index is 12.1.